The minimum absolute atomic E-state index is 0.00177. The number of carbonyl (C=O) groups is 2. The molecule has 0 saturated heterocycles. The van der Waals surface area contributed by atoms with Crippen LogP contribution in [0.4, 0.5) is 16.2 Å². The van der Waals surface area contributed by atoms with Gasteiger partial charge in [0.25, 0.3) is 0 Å². The smallest absolute Gasteiger partial charge is 0.319 e. The Morgan fingerprint density at radius 2 is 1.57 bits per heavy atom. The molecule has 3 aromatic rings. The molecular weight excluding hydrogens is 442 g/mol. The summed E-state index contributed by atoms with van der Waals surface area (Å²) in [6, 6.07) is 24.2. The summed E-state index contributed by atoms with van der Waals surface area (Å²) in [6.45, 7) is 1.93. The van der Waals surface area contributed by atoms with E-state index in [0.29, 0.717) is 5.69 Å². The van der Waals surface area contributed by atoms with Crippen LogP contribution in [0, 0.1) is 0 Å². The van der Waals surface area contributed by atoms with E-state index in [1.54, 1.807) is 24.1 Å². The van der Waals surface area contributed by atoms with Gasteiger partial charge in [-0.2, -0.15) is 0 Å². The third kappa shape index (κ3) is 5.70. The highest BCUT2D eigenvalue weighted by Crippen LogP contribution is 2.23. The van der Waals surface area contributed by atoms with E-state index in [1.165, 1.54) is 0 Å². The van der Waals surface area contributed by atoms with Crippen LogP contribution in [0.1, 0.15) is 24.1 Å². The number of para-hydroxylation sites is 1. The monoisotopic (exact) mass is 465 g/mol. The number of amides is 3. The number of nitrogens with zero attached hydrogens (tertiary/aromatic N) is 1. The van der Waals surface area contributed by atoms with E-state index in [9.17, 15) is 9.59 Å². The minimum Gasteiger partial charge on any atom is -0.331 e. The maximum atomic E-state index is 12.5. The van der Waals surface area contributed by atoms with Crippen molar-refractivity contribution in [3.63, 3.8) is 0 Å². The van der Waals surface area contributed by atoms with Gasteiger partial charge >= 0.3 is 6.03 Å². The number of hydrogen-bond acceptors (Lipinski definition) is 2. The normalized spacial score (nSPS) is 11.4. The lowest BCUT2D eigenvalue weighted by atomic mass is 10.1. The first-order valence-electron chi connectivity index (χ1n) is 9.66. The molecule has 154 valence electrons. The molecule has 3 aromatic carbocycles. The van der Waals surface area contributed by atoms with Crippen molar-refractivity contribution in [1.82, 2.24) is 5.32 Å². The third-order valence-corrected chi connectivity index (χ3v) is 5.53. The predicted molar refractivity (Wildman–Crippen MR) is 125 cm³/mol. The van der Waals surface area contributed by atoms with Crippen LogP contribution in [0.3, 0.4) is 0 Å². The average Bonchev–Trinajstić information content (AvgIpc) is 2.75. The van der Waals surface area contributed by atoms with Gasteiger partial charge in [0.1, 0.15) is 0 Å². The highest BCUT2D eigenvalue weighted by Gasteiger charge is 2.13. The van der Waals surface area contributed by atoms with E-state index < -0.39 is 0 Å². The number of anilines is 2. The fourth-order valence-electron chi connectivity index (χ4n) is 3.06. The van der Waals surface area contributed by atoms with Gasteiger partial charge in [-0.3, -0.25) is 4.79 Å². The van der Waals surface area contributed by atoms with Gasteiger partial charge in [0.05, 0.1) is 12.5 Å². The molecule has 0 bridgehead atoms. The Morgan fingerprint density at radius 1 is 0.933 bits per heavy atom. The molecule has 0 aromatic heterocycles. The van der Waals surface area contributed by atoms with Crippen molar-refractivity contribution in [2.24, 2.45) is 0 Å². The second kappa shape index (κ2) is 10.1. The number of urea groups is 1. The molecule has 0 aliphatic heterocycles. The molecule has 3 rings (SSSR count). The number of carbonyl (C=O) groups excluding carboxylic acids is 2. The summed E-state index contributed by atoms with van der Waals surface area (Å²) in [5.74, 6) is 0.00177. The number of nitrogens with one attached hydrogen (secondary N) is 2. The number of benzene rings is 3. The lowest BCUT2D eigenvalue weighted by Crippen LogP contribution is -2.31. The molecule has 0 aliphatic carbocycles. The van der Waals surface area contributed by atoms with E-state index in [0.717, 1.165) is 21.3 Å². The third-order valence-electron chi connectivity index (χ3n) is 4.80. The largest absolute Gasteiger partial charge is 0.331 e. The number of halogens is 1. The maximum absolute atomic E-state index is 12.5. The molecular formula is C24H24BrN3O2. The van der Waals surface area contributed by atoms with Crippen molar-refractivity contribution < 1.29 is 9.59 Å². The van der Waals surface area contributed by atoms with E-state index in [2.05, 4.69) is 26.6 Å². The highest BCUT2D eigenvalue weighted by atomic mass is 79.9. The van der Waals surface area contributed by atoms with E-state index in [4.69, 9.17) is 0 Å². The number of hydrogen-bond donors (Lipinski definition) is 2. The number of rotatable bonds is 6. The average molecular weight is 466 g/mol. The quantitative estimate of drug-likeness (QED) is 0.501. The standard InChI is InChI=1S/C24H24BrN3O2/c1-17(21-10-6-7-11-22(21)25)26-24(30)27-19-14-12-18(13-15-19)16-23(29)28(2)20-8-4-3-5-9-20/h3-15,17H,16H2,1-2H3,(H2,26,27,30). The molecule has 30 heavy (non-hydrogen) atoms. The summed E-state index contributed by atoms with van der Waals surface area (Å²) in [6.07, 6.45) is 0.289. The molecule has 0 fully saturated rings. The fourth-order valence-corrected chi connectivity index (χ4v) is 3.69. The Balaban J connectivity index is 1.54. The fraction of sp³-hybridized carbons (Fsp3) is 0.167. The first-order chi connectivity index (χ1) is 14.4. The molecule has 0 spiro atoms. The van der Waals surface area contributed by atoms with Gasteiger partial charge in [-0.25, -0.2) is 4.79 Å². The SMILES string of the molecule is CC(NC(=O)Nc1ccc(CC(=O)N(C)c2ccccc2)cc1)c1ccccc1Br. The van der Waals surface area contributed by atoms with Gasteiger partial charge in [-0.1, -0.05) is 64.5 Å². The van der Waals surface area contributed by atoms with Gasteiger partial charge in [-0.05, 0) is 48.4 Å². The predicted octanol–water partition coefficient (Wildman–Crippen LogP) is 5.54. The summed E-state index contributed by atoms with van der Waals surface area (Å²) in [5, 5.41) is 5.76. The molecule has 6 heteroatoms. The summed E-state index contributed by atoms with van der Waals surface area (Å²) in [5.41, 5.74) is 3.41. The summed E-state index contributed by atoms with van der Waals surface area (Å²) < 4.78 is 0.951. The molecule has 3 amide bonds. The van der Waals surface area contributed by atoms with Gasteiger partial charge in [0, 0.05) is 22.9 Å². The zero-order valence-electron chi connectivity index (χ0n) is 16.9. The van der Waals surface area contributed by atoms with Crippen LogP contribution in [0.25, 0.3) is 0 Å². The molecule has 0 saturated carbocycles. The van der Waals surface area contributed by atoms with E-state index >= 15 is 0 Å². The second-order valence-electron chi connectivity index (χ2n) is 7.00. The second-order valence-corrected chi connectivity index (χ2v) is 7.86. The van der Waals surface area contributed by atoms with Crippen LogP contribution in [0.2, 0.25) is 0 Å². The molecule has 0 aliphatic rings. The summed E-state index contributed by atoms with van der Waals surface area (Å²) in [7, 11) is 1.77. The minimum atomic E-state index is -0.286. The van der Waals surface area contributed by atoms with Gasteiger partial charge in [-0.15, -0.1) is 0 Å². The Kier molecular flexibility index (Phi) is 7.25. The van der Waals surface area contributed by atoms with E-state index in [1.807, 2.05) is 73.7 Å². The van der Waals surface area contributed by atoms with Crippen LogP contribution in [0.15, 0.2) is 83.3 Å². The topological polar surface area (TPSA) is 61.4 Å². The summed E-state index contributed by atoms with van der Waals surface area (Å²) >= 11 is 3.50. The van der Waals surface area contributed by atoms with Crippen LogP contribution in [-0.4, -0.2) is 19.0 Å². The molecule has 0 radical (unpaired) electrons. The first-order valence-corrected chi connectivity index (χ1v) is 10.5. The van der Waals surface area contributed by atoms with Gasteiger partial charge in [0.15, 0.2) is 0 Å². The molecule has 2 N–H and O–H groups in total. The molecule has 1 atom stereocenters. The Hall–Kier alpha value is -3.12. The van der Waals surface area contributed by atoms with Crippen molar-refractivity contribution >= 4 is 39.2 Å². The first kappa shape index (κ1) is 21.6. The molecule has 0 heterocycles. The lowest BCUT2D eigenvalue weighted by Gasteiger charge is -2.18. The summed E-state index contributed by atoms with van der Waals surface area (Å²) in [4.78, 5) is 26.5. The number of likely N-dealkylation sites (N-methyl/N-ethyl adjacent to an activating group) is 1. The van der Waals surface area contributed by atoms with Crippen molar-refractivity contribution in [1.29, 1.82) is 0 Å². The molecule has 1 unspecified atom stereocenters. The van der Waals surface area contributed by atoms with Gasteiger partial charge in [0.2, 0.25) is 5.91 Å². The van der Waals surface area contributed by atoms with E-state index in [-0.39, 0.29) is 24.4 Å². The highest BCUT2D eigenvalue weighted by molar-refractivity contribution is 9.10. The van der Waals surface area contributed by atoms with Crippen LogP contribution in [-0.2, 0) is 11.2 Å². The van der Waals surface area contributed by atoms with Gasteiger partial charge < -0.3 is 15.5 Å². The van der Waals surface area contributed by atoms with Crippen LogP contribution >= 0.6 is 15.9 Å². The lowest BCUT2D eigenvalue weighted by molar-refractivity contribution is -0.117. The van der Waals surface area contributed by atoms with Crippen LogP contribution in [0.5, 0.6) is 0 Å². The Morgan fingerprint density at radius 3 is 2.23 bits per heavy atom. The zero-order valence-corrected chi connectivity index (χ0v) is 18.5. The maximum Gasteiger partial charge on any atom is 0.319 e. The van der Waals surface area contributed by atoms with Crippen molar-refractivity contribution in [2.75, 3.05) is 17.3 Å². The van der Waals surface area contributed by atoms with Crippen LogP contribution < -0.4 is 15.5 Å². The Bertz CT molecular complexity index is 1010. The van der Waals surface area contributed by atoms with Crippen molar-refractivity contribution in [3.8, 4) is 0 Å². The Labute approximate surface area is 185 Å². The van der Waals surface area contributed by atoms with Crippen molar-refractivity contribution in [3.05, 3.63) is 94.5 Å². The zero-order chi connectivity index (χ0) is 21.5. The van der Waals surface area contributed by atoms with Crippen molar-refractivity contribution in [2.45, 2.75) is 19.4 Å². The molecule has 5 nitrogen and oxygen atoms in total.